The number of likely N-dealkylation sites (tertiary alicyclic amines) is 1. The number of primary amides is 1. The number of carbonyl (C=O) groups excluding carboxylic acids is 4. The number of hydrogen-bond acceptors (Lipinski definition) is 7. The van der Waals surface area contributed by atoms with Crippen LogP contribution in [0, 0.1) is 5.92 Å². The molecule has 0 aromatic rings. The fraction of sp³-hybridized carbons (Fsp3) is 0.773. The van der Waals surface area contributed by atoms with Gasteiger partial charge in [-0.3, -0.25) is 19.2 Å². The number of nitrogens with one attached hydrogen (secondary N) is 2. The van der Waals surface area contributed by atoms with Gasteiger partial charge in [0.15, 0.2) is 0 Å². The fourth-order valence-electron chi connectivity index (χ4n) is 3.87. The van der Waals surface area contributed by atoms with Gasteiger partial charge in [-0.25, -0.2) is 4.79 Å². The molecule has 5 unspecified atom stereocenters. The molecule has 12 nitrogen and oxygen atoms in total. The lowest BCUT2D eigenvalue weighted by Gasteiger charge is -2.32. The fourth-order valence-corrected chi connectivity index (χ4v) is 3.87. The van der Waals surface area contributed by atoms with Crippen molar-refractivity contribution in [2.45, 2.75) is 89.4 Å². The van der Waals surface area contributed by atoms with Crippen molar-refractivity contribution >= 4 is 29.6 Å². The summed E-state index contributed by atoms with van der Waals surface area (Å²) in [5, 5.41) is 14.7. The minimum absolute atomic E-state index is 0.0536. The molecule has 1 rings (SSSR count). The highest BCUT2D eigenvalue weighted by atomic mass is 16.4. The third kappa shape index (κ3) is 8.90. The lowest BCUT2D eigenvalue weighted by Crippen LogP contribution is -2.58. The van der Waals surface area contributed by atoms with Crippen LogP contribution in [0.25, 0.3) is 0 Å². The molecular weight excluding hydrogens is 444 g/mol. The Balaban J connectivity index is 2.91. The van der Waals surface area contributed by atoms with Crippen LogP contribution in [-0.4, -0.2) is 76.9 Å². The standard InChI is InChI=1S/C22H40N6O6/c1-3-13(2)18(27-19(30)14(24)9-10-17(25)29)21(32)28-12-6-8-16(28)20(31)26-15(22(33)34)7-4-5-11-23/h13-16,18H,3-12,23-24H2,1-2H3,(H2,25,29)(H,26,31)(H,27,30)(H,33,34). The second-order valence-corrected chi connectivity index (χ2v) is 8.86. The summed E-state index contributed by atoms with van der Waals surface area (Å²) in [6, 6.07) is -3.81. The van der Waals surface area contributed by atoms with E-state index >= 15 is 0 Å². The third-order valence-electron chi connectivity index (χ3n) is 6.22. The van der Waals surface area contributed by atoms with Crippen molar-refractivity contribution in [3.63, 3.8) is 0 Å². The summed E-state index contributed by atoms with van der Waals surface area (Å²) in [4.78, 5) is 62.8. The van der Waals surface area contributed by atoms with Gasteiger partial charge in [0.05, 0.1) is 6.04 Å². The number of carbonyl (C=O) groups is 5. The number of hydrogen-bond donors (Lipinski definition) is 6. The maximum Gasteiger partial charge on any atom is 0.326 e. The summed E-state index contributed by atoms with van der Waals surface area (Å²) in [5.74, 6) is -3.49. The molecule has 9 N–H and O–H groups in total. The van der Waals surface area contributed by atoms with Crippen molar-refractivity contribution in [2.24, 2.45) is 23.1 Å². The van der Waals surface area contributed by atoms with Crippen LogP contribution in [0.15, 0.2) is 0 Å². The molecule has 0 aromatic carbocycles. The average molecular weight is 485 g/mol. The lowest BCUT2D eigenvalue weighted by atomic mass is 9.96. The monoisotopic (exact) mass is 484 g/mol. The summed E-state index contributed by atoms with van der Waals surface area (Å²) >= 11 is 0. The van der Waals surface area contributed by atoms with Crippen LogP contribution in [0.4, 0.5) is 0 Å². The highest BCUT2D eigenvalue weighted by Gasteiger charge is 2.40. The first-order chi connectivity index (χ1) is 16.0. The van der Waals surface area contributed by atoms with E-state index in [2.05, 4.69) is 10.6 Å². The van der Waals surface area contributed by atoms with Gasteiger partial charge in [-0.05, 0) is 51.0 Å². The highest BCUT2D eigenvalue weighted by molar-refractivity contribution is 5.94. The molecule has 0 spiro atoms. The molecule has 0 aliphatic carbocycles. The molecule has 1 fully saturated rings. The zero-order valence-electron chi connectivity index (χ0n) is 20.1. The third-order valence-corrected chi connectivity index (χ3v) is 6.22. The number of nitrogens with two attached hydrogens (primary N) is 3. The molecule has 12 heteroatoms. The Bertz CT molecular complexity index is 733. The van der Waals surface area contributed by atoms with Crippen molar-refractivity contribution in [2.75, 3.05) is 13.1 Å². The van der Waals surface area contributed by atoms with E-state index in [1.54, 1.807) is 6.92 Å². The first-order valence-corrected chi connectivity index (χ1v) is 11.9. The van der Waals surface area contributed by atoms with Crippen molar-refractivity contribution in [3.8, 4) is 0 Å². The Morgan fingerprint density at radius 2 is 1.79 bits per heavy atom. The maximum atomic E-state index is 13.4. The summed E-state index contributed by atoms with van der Waals surface area (Å²) in [7, 11) is 0. The molecular formula is C22H40N6O6. The molecule has 0 saturated carbocycles. The Kier molecular flexibility index (Phi) is 12.5. The van der Waals surface area contributed by atoms with Crippen LogP contribution in [0.3, 0.4) is 0 Å². The van der Waals surface area contributed by atoms with E-state index in [1.165, 1.54) is 4.90 Å². The number of unbranched alkanes of at least 4 members (excludes halogenated alkanes) is 1. The summed E-state index contributed by atoms with van der Waals surface area (Å²) in [5.41, 5.74) is 16.4. The van der Waals surface area contributed by atoms with E-state index in [1.807, 2.05) is 6.92 Å². The highest BCUT2D eigenvalue weighted by Crippen LogP contribution is 2.22. The molecule has 1 aliphatic rings. The van der Waals surface area contributed by atoms with Gasteiger partial charge < -0.3 is 37.8 Å². The van der Waals surface area contributed by atoms with Gasteiger partial charge in [0.25, 0.3) is 0 Å². The molecule has 4 amide bonds. The average Bonchev–Trinajstić information content (AvgIpc) is 3.29. The maximum absolute atomic E-state index is 13.4. The molecule has 0 aromatic heterocycles. The van der Waals surface area contributed by atoms with Gasteiger partial charge in [-0.15, -0.1) is 0 Å². The van der Waals surface area contributed by atoms with Gasteiger partial charge in [0.1, 0.15) is 18.1 Å². The number of amides is 4. The van der Waals surface area contributed by atoms with Crippen LogP contribution in [0.1, 0.15) is 65.2 Å². The minimum atomic E-state index is -1.14. The molecule has 1 aliphatic heterocycles. The van der Waals surface area contributed by atoms with Crippen molar-refractivity contribution in [1.29, 1.82) is 0 Å². The van der Waals surface area contributed by atoms with Crippen molar-refractivity contribution in [1.82, 2.24) is 15.5 Å². The summed E-state index contributed by atoms with van der Waals surface area (Å²) in [6.07, 6.45) is 3.00. The second-order valence-electron chi connectivity index (χ2n) is 8.86. The first-order valence-electron chi connectivity index (χ1n) is 11.9. The summed E-state index contributed by atoms with van der Waals surface area (Å²) < 4.78 is 0. The van der Waals surface area contributed by atoms with Gasteiger partial charge in [-0.1, -0.05) is 20.3 Å². The van der Waals surface area contributed by atoms with Gasteiger partial charge in [-0.2, -0.15) is 0 Å². The SMILES string of the molecule is CCC(C)C(NC(=O)C(N)CCC(N)=O)C(=O)N1CCCC1C(=O)NC(CCCCN)C(=O)O. The quantitative estimate of drug-likeness (QED) is 0.155. The predicted molar refractivity (Wildman–Crippen MR) is 125 cm³/mol. The molecule has 1 saturated heterocycles. The van der Waals surface area contributed by atoms with Crippen LogP contribution < -0.4 is 27.8 Å². The van der Waals surface area contributed by atoms with E-state index in [9.17, 15) is 29.1 Å². The van der Waals surface area contributed by atoms with E-state index in [4.69, 9.17) is 17.2 Å². The van der Waals surface area contributed by atoms with Crippen molar-refractivity contribution < 1.29 is 29.1 Å². The van der Waals surface area contributed by atoms with E-state index in [0.29, 0.717) is 45.2 Å². The number of carboxylic acids is 1. The van der Waals surface area contributed by atoms with Crippen LogP contribution in [0.2, 0.25) is 0 Å². The molecule has 5 atom stereocenters. The molecule has 0 radical (unpaired) electrons. The van der Waals surface area contributed by atoms with E-state index in [-0.39, 0.29) is 25.2 Å². The van der Waals surface area contributed by atoms with Crippen LogP contribution >= 0.6 is 0 Å². The molecule has 0 bridgehead atoms. The number of carboxylic acid groups (broad SMARTS) is 1. The Hall–Kier alpha value is -2.73. The van der Waals surface area contributed by atoms with Gasteiger partial charge in [0, 0.05) is 13.0 Å². The van der Waals surface area contributed by atoms with Crippen LogP contribution in [-0.2, 0) is 24.0 Å². The van der Waals surface area contributed by atoms with Gasteiger partial charge in [0.2, 0.25) is 23.6 Å². The minimum Gasteiger partial charge on any atom is -0.480 e. The largest absolute Gasteiger partial charge is 0.480 e. The van der Waals surface area contributed by atoms with Gasteiger partial charge >= 0.3 is 5.97 Å². The topological polar surface area (TPSA) is 211 Å². The molecule has 194 valence electrons. The Morgan fingerprint density at radius 1 is 1.12 bits per heavy atom. The van der Waals surface area contributed by atoms with E-state index in [0.717, 1.165) is 0 Å². The summed E-state index contributed by atoms with van der Waals surface area (Å²) in [6.45, 7) is 4.43. The normalized spacial score (nSPS) is 19.1. The van der Waals surface area contributed by atoms with E-state index < -0.39 is 53.8 Å². The Labute approximate surface area is 200 Å². The zero-order chi connectivity index (χ0) is 25.8. The number of rotatable bonds is 15. The molecule has 34 heavy (non-hydrogen) atoms. The predicted octanol–water partition coefficient (Wildman–Crippen LogP) is -1.20. The lowest BCUT2D eigenvalue weighted by molar-refractivity contribution is -0.145. The van der Waals surface area contributed by atoms with Crippen molar-refractivity contribution in [3.05, 3.63) is 0 Å². The smallest absolute Gasteiger partial charge is 0.326 e. The number of nitrogens with zero attached hydrogens (tertiary/aromatic N) is 1. The second kappa shape index (κ2) is 14.5. The zero-order valence-corrected chi connectivity index (χ0v) is 20.1. The van der Waals surface area contributed by atoms with Crippen LogP contribution in [0.5, 0.6) is 0 Å². The first kappa shape index (κ1) is 29.3. The number of aliphatic carboxylic acids is 1. The Morgan fingerprint density at radius 3 is 2.35 bits per heavy atom. The molecule has 1 heterocycles.